The van der Waals surface area contributed by atoms with Crippen molar-refractivity contribution in [3.8, 4) is 11.3 Å². The van der Waals surface area contributed by atoms with E-state index in [1.54, 1.807) is 30.1 Å². The SMILES string of the molecule is CN1C(=O)c2ccccc2N[C@H]1c1ccc(-c2ccc(C(=O)O)cc2)o1. The monoisotopic (exact) mass is 348 g/mol. The summed E-state index contributed by atoms with van der Waals surface area (Å²) in [6.07, 6.45) is -0.413. The van der Waals surface area contributed by atoms with Crippen molar-refractivity contribution < 1.29 is 19.1 Å². The fourth-order valence-electron chi connectivity index (χ4n) is 3.04. The van der Waals surface area contributed by atoms with E-state index in [9.17, 15) is 9.59 Å². The first kappa shape index (κ1) is 16.0. The van der Waals surface area contributed by atoms with Crippen molar-refractivity contribution in [1.29, 1.82) is 0 Å². The normalized spacial score (nSPS) is 16.1. The van der Waals surface area contributed by atoms with Crippen LogP contribution in [-0.2, 0) is 0 Å². The second-order valence-corrected chi connectivity index (χ2v) is 6.09. The lowest BCUT2D eigenvalue weighted by atomic mass is 10.1. The third kappa shape index (κ3) is 2.61. The summed E-state index contributed by atoms with van der Waals surface area (Å²) in [7, 11) is 1.72. The molecule has 130 valence electrons. The summed E-state index contributed by atoms with van der Waals surface area (Å²) in [5, 5.41) is 12.3. The highest BCUT2D eigenvalue weighted by Gasteiger charge is 2.31. The number of fused-ring (bicyclic) bond motifs is 1. The molecule has 0 fully saturated rings. The zero-order valence-electron chi connectivity index (χ0n) is 14.0. The van der Waals surface area contributed by atoms with Crippen molar-refractivity contribution in [1.82, 2.24) is 4.90 Å². The molecule has 1 aromatic heterocycles. The van der Waals surface area contributed by atoms with Crippen LogP contribution in [0.1, 0.15) is 32.6 Å². The maximum absolute atomic E-state index is 12.6. The Morgan fingerprint density at radius 3 is 2.54 bits per heavy atom. The Morgan fingerprint density at radius 1 is 1.08 bits per heavy atom. The van der Waals surface area contributed by atoms with Gasteiger partial charge in [0.05, 0.1) is 11.1 Å². The molecule has 0 saturated carbocycles. The van der Waals surface area contributed by atoms with Gasteiger partial charge in [-0.15, -0.1) is 0 Å². The average Bonchev–Trinajstić information content (AvgIpc) is 3.14. The third-order valence-electron chi connectivity index (χ3n) is 4.47. The van der Waals surface area contributed by atoms with Gasteiger partial charge < -0.3 is 19.7 Å². The van der Waals surface area contributed by atoms with Crippen LogP contribution in [0.2, 0.25) is 0 Å². The van der Waals surface area contributed by atoms with Crippen LogP contribution in [-0.4, -0.2) is 28.9 Å². The van der Waals surface area contributed by atoms with Crippen molar-refractivity contribution in [2.75, 3.05) is 12.4 Å². The van der Waals surface area contributed by atoms with Gasteiger partial charge in [0.2, 0.25) is 0 Å². The Morgan fingerprint density at radius 2 is 1.81 bits per heavy atom. The highest BCUT2D eigenvalue weighted by Crippen LogP contribution is 2.34. The minimum absolute atomic E-state index is 0.0758. The first-order valence-corrected chi connectivity index (χ1v) is 8.11. The molecule has 0 spiro atoms. The zero-order valence-corrected chi connectivity index (χ0v) is 14.0. The van der Waals surface area contributed by atoms with E-state index in [-0.39, 0.29) is 11.5 Å². The van der Waals surface area contributed by atoms with Gasteiger partial charge in [0.15, 0.2) is 6.17 Å². The number of hydrogen-bond acceptors (Lipinski definition) is 4. The van der Waals surface area contributed by atoms with Crippen molar-refractivity contribution in [3.63, 3.8) is 0 Å². The minimum Gasteiger partial charge on any atom is -0.478 e. The fraction of sp³-hybridized carbons (Fsp3) is 0.100. The smallest absolute Gasteiger partial charge is 0.335 e. The highest BCUT2D eigenvalue weighted by atomic mass is 16.4. The molecule has 4 rings (SSSR count). The molecule has 0 saturated heterocycles. The van der Waals surface area contributed by atoms with E-state index in [0.717, 1.165) is 11.3 Å². The first-order chi connectivity index (χ1) is 12.5. The second kappa shape index (κ2) is 6.07. The molecule has 3 aromatic rings. The highest BCUT2D eigenvalue weighted by molar-refractivity contribution is 6.01. The lowest BCUT2D eigenvalue weighted by Gasteiger charge is -2.33. The van der Waals surface area contributed by atoms with Gasteiger partial charge in [-0.3, -0.25) is 4.79 Å². The molecule has 2 N–H and O–H groups in total. The van der Waals surface area contributed by atoms with Crippen molar-refractivity contribution in [3.05, 3.63) is 77.6 Å². The number of rotatable bonds is 3. The first-order valence-electron chi connectivity index (χ1n) is 8.11. The number of furan rings is 1. The molecule has 0 unspecified atom stereocenters. The largest absolute Gasteiger partial charge is 0.478 e. The third-order valence-corrected chi connectivity index (χ3v) is 4.47. The number of carbonyl (C=O) groups excluding carboxylic acids is 1. The van der Waals surface area contributed by atoms with Crippen LogP contribution in [0.4, 0.5) is 5.69 Å². The van der Waals surface area contributed by atoms with E-state index in [2.05, 4.69) is 5.32 Å². The van der Waals surface area contributed by atoms with Gasteiger partial charge in [-0.2, -0.15) is 0 Å². The summed E-state index contributed by atoms with van der Waals surface area (Å²) in [5.74, 6) is 0.168. The number of nitrogens with zero attached hydrogens (tertiary/aromatic N) is 1. The Bertz CT molecular complexity index is 991. The molecule has 1 aliphatic rings. The number of hydrogen-bond donors (Lipinski definition) is 2. The van der Waals surface area contributed by atoms with Crippen molar-refractivity contribution in [2.45, 2.75) is 6.17 Å². The number of benzene rings is 2. The number of carbonyl (C=O) groups is 2. The van der Waals surface area contributed by atoms with Crippen LogP contribution in [0.5, 0.6) is 0 Å². The number of carboxylic acid groups (broad SMARTS) is 1. The lowest BCUT2D eigenvalue weighted by molar-refractivity contribution is 0.0694. The van der Waals surface area contributed by atoms with Crippen LogP contribution in [0.3, 0.4) is 0 Å². The predicted octanol–water partition coefficient (Wildman–Crippen LogP) is 3.84. The maximum atomic E-state index is 12.6. The van der Waals surface area contributed by atoms with E-state index in [0.29, 0.717) is 17.1 Å². The van der Waals surface area contributed by atoms with Gasteiger partial charge >= 0.3 is 5.97 Å². The second-order valence-electron chi connectivity index (χ2n) is 6.09. The molecule has 6 heteroatoms. The van der Waals surface area contributed by atoms with Gasteiger partial charge in [0, 0.05) is 18.3 Å². The number of anilines is 1. The Kier molecular flexibility index (Phi) is 3.73. The summed E-state index contributed by atoms with van der Waals surface area (Å²) >= 11 is 0. The summed E-state index contributed by atoms with van der Waals surface area (Å²) in [5.41, 5.74) is 2.38. The van der Waals surface area contributed by atoms with Crippen LogP contribution in [0.15, 0.2) is 65.1 Å². The summed E-state index contributed by atoms with van der Waals surface area (Å²) in [4.78, 5) is 25.1. The van der Waals surface area contributed by atoms with Gasteiger partial charge in [0.25, 0.3) is 5.91 Å². The molecule has 6 nitrogen and oxygen atoms in total. The molecule has 0 bridgehead atoms. The number of carboxylic acids is 1. The number of amides is 1. The van der Waals surface area contributed by atoms with E-state index in [1.165, 1.54) is 12.1 Å². The van der Waals surface area contributed by atoms with E-state index in [4.69, 9.17) is 9.52 Å². The standard InChI is InChI=1S/C20H16N2O4/c1-22-18(21-15-5-3-2-4-14(15)19(22)23)17-11-10-16(26-17)12-6-8-13(9-7-12)20(24)25/h2-11,18,21H,1H3,(H,24,25)/t18-/m1/s1. The molecule has 1 atom stereocenters. The van der Waals surface area contributed by atoms with Crippen molar-refractivity contribution >= 4 is 17.6 Å². The fourth-order valence-corrected chi connectivity index (χ4v) is 3.04. The Labute approximate surface area is 149 Å². The van der Waals surface area contributed by atoms with Crippen LogP contribution in [0.25, 0.3) is 11.3 Å². The van der Waals surface area contributed by atoms with Gasteiger partial charge in [-0.1, -0.05) is 24.3 Å². The number of para-hydroxylation sites is 1. The van der Waals surface area contributed by atoms with Gasteiger partial charge in [-0.05, 0) is 36.4 Å². The quantitative estimate of drug-likeness (QED) is 0.751. The molecule has 0 aliphatic carbocycles. The Hall–Kier alpha value is -3.54. The summed E-state index contributed by atoms with van der Waals surface area (Å²) < 4.78 is 5.94. The van der Waals surface area contributed by atoms with Crippen LogP contribution < -0.4 is 5.32 Å². The summed E-state index contributed by atoms with van der Waals surface area (Å²) in [6.45, 7) is 0. The molecule has 1 amide bonds. The molecule has 2 heterocycles. The average molecular weight is 348 g/mol. The summed E-state index contributed by atoms with van der Waals surface area (Å²) in [6, 6.07) is 17.4. The van der Waals surface area contributed by atoms with Crippen LogP contribution in [0, 0.1) is 0 Å². The Balaban J connectivity index is 1.64. The molecule has 1 aliphatic heterocycles. The molecule has 2 aromatic carbocycles. The van der Waals surface area contributed by atoms with E-state index >= 15 is 0 Å². The maximum Gasteiger partial charge on any atom is 0.335 e. The molecular weight excluding hydrogens is 332 g/mol. The van der Waals surface area contributed by atoms with Crippen LogP contribution >= 0.6 is 0 Å². The van der Waals surface area contributed by atoms with E-state index < -0.39 is 12.1 Å². The molecule has 0 radical (unpaired) electrons. The lowest BCUT2D eigenvalue weighted by Crippen LogP contribution is -2.39. The van der Waals surface area contributed by atoms with E-state index in [1.807, 2.05) is 30.3 Å². The molecule has 26 heavy (non-hydrogen) atoms. The number of aromatic carboxylic acids is 1. The van der Waals surface area contributed by atoms with Crippen molar-refractivity contribution in [2.24, 2.45) is 0 Å². The van der Waals surface area contributed by atoms with Gasteiger partial charge in [0.1, 0.15) is 11.5 Å². The zero-order chi connectivity index (χ0) is 18.3. The number of nitrogens with one attached hydrogen (secondary N) is 1. The predicted molar refractivity (Wildman–Crippen MR) is 96.0 cm³/mol. The topological polar surface area (TPSA) is 82.8 Å². The van der Waals surface area contributed by atoms with Gasteiger partial charge in [-0.25, -0.2) is 4.79 Å². The molecular formula is C20H16N2O4. The minimum atomic E-state index is -0.970.